The van der Waals surface area contributed by atoms with Gasteiger partial charge in [-0.15, -0.1) is 0 Å². The Hall–Kier alpha value is -3.79. The van der Waals surface area contributed by atoms with Crippen molar-refractivity contribution in [1.29, 1.82) is 0 Å². The molecule has 0 aromatic rings. The summed E-state index contributed by atoms with van der Waals surface area (Å²) in [4.78, 5) is 79.0. The fraction of sp³-hybridized carbons (Fsp3) is 0.500. The van der Waals surface area contributed by atoms with E-state index in [-0.39, 0.29) is 32.2 Å². The highest BCUT2D eigenvalue weighted by Gasteiger charge is 2.28. The van der Waals surface area contributed by atoms with Crippen molar-refractivity contribution >= 4 is 41.5 Å². The minimum absolute atomic E-state index is 0.0274. The van der Waals surface area contributed by atoms with Crippen LogP contribution in [0.5, 0.6) is 0 Å². The average Bonchev–Trinajstić information content (AvgIpc) is 2.71. The maximum absolute atomic E-state index is 12.4. The van der Waals surface area contributed by atoms with Crippen LogP contribution in [0.1, 0.15) is 25.7 Å². The van der Waals surface area contributed by atoms with E-state index in [4.69, 9.17) is 21.9 Å². The van der Waals surface area contributed by atoms with E-state index in [1.54, 1.807) is 5.43 Å². The SMILES string of the molecule is NNC(=O)CC[C@H](NC(=O)[C@H](CCCNC(=O)C(=O)O)NC(=O)C(=O)O)C(=O)NN. The number of amides is 5. The highest BCUT2D eigenvalue weighted by molar-refractivity contribution is 6.32. The zero-order valence-corrected chi connectivity index (χ0v) is 15.6. The molecule has 0 aromatic carbocycles. The lowest BCUT2D eigenvalue weighted by molar-refractivity contribution is -0.151. The number of carbonyl (C=O) groups is 7. The Kier molecular flexibility index (Phi) is 11.7. The van der Waals surface area contributed by atoms with Crippen LogP contribution in [0.2, 0.25) is 0 Å². The van der Waals surface area contributed by atoms with Gasteiger partial charge < -0.3 is 26.2 Å². The first kappa shape index (κ1) is 26.2. The second-order valence-corrected chi connectivity index (χ2v) is 5.71. The van der Waals surface area contributed by atoms with Crippen LogP contribution in [-0.2, 0) is 33.6 Å². The number of carbonyl (C=O) groups excluding carboxylic acids is 5. The minimum atomic E-state index is -1.87. The smallest absolute Gasteiger partial charge is 0.394 e. The van der Waals surface area contributed by atoms with Crippen molar-refractivity contribution in [2.24, 2.45) is 11.7 Å². The molecule has 0 rings (SSSR count). The van der Waals surface area contributed by atoms with Crippen LogP contribution >= 0.6 is 0 Å². The van der Waals surface area contributed by atoms with E-state index in [9.17, 15) is 33.6 Å². The summed E-state index contributed by atoms with van der Waals surface area (Å²) in [5.41, 5.74) is 3.61. The molecule has 0 aliphatic rings. The molecular weight excluding hydrogens is 410 g/mol. The summed E-state index contributed by atoms with van der Waals surface area (Å²) in [6, 6.07) is -2.76. The molecule has 0 heterocycles. The third kappa shape index (κ3) is 9.95. The summed E-state index contributed by atoms with van der Waals surface area (Å²) in [5.74, 6) is 1.08. The van der Waals surface area contributed by atoms with Gasteiger partial charge in [-0.1, -0.05) is 0 Å². The Balaban J connectivity index is 5.11. The monoisotopic (exact) mass is 433 g/mol. The van der Waals surface area contributed by atoms with Crippen molar-refractivity contribution in [3.8, 4) is 0 Å². The molecule has 2 atom stereocenters. The van der Waals surface area contributed by atoms with Crippen molar-refractivity contribution in [2.45, 2.75) is 37.8 Å². The fourth-order valence-electron chi connectivity index (χ4n) is 2.06. The maximum atomic E-state index is 12.4. The summed E-state index contributed by atoms with van der Waals surface area (Å²) in [6.07, 6.45) is -0.723. The van der Waals surface area contributed by atoms with Gasteiger partial charge in [0.15, 0.2) is 0 Å². The van der Waals surface area contributed by atoms with Crippen molar-refractivity contribution in [2.75, 3.05) is 6.54 Å². The van der Waals surface area contributed by atoms with Crippen LogP contribution in [-0.4, -0.2) is 70.3 Å². The van der Waals surface area contributed by atoms with E-state index in [1.807, 2.05) is 16.1 Å². The number of aliphatic carboxylic acids is 2. The molecule has 0 aromatic heterocycles. The number of hydrogen-bond donors (Lipinski definition) is 9. The van der Waals surface area contributed by atoms with Gasteiger partial charge >= 0.3 is 23.8 Å². The summed E-state index contributed by atoms with van der Waals surface area (Å²) >= 11 is 0. The molecule has 5 amide bonds. The predicted molar refractivity (Wildman–Crippen MR) is 95.3 cm³/mol. The van der Waals surface area contributed by atoms with Crippen LogP contribution < -0.4 is 38.5 Å². The predicted octanol–water partition coefficient (Wildman–Crippen LogP) is -5.22. The number of rotatable bonds is 11. The molecule has 0 bridgehead atoms. The molecule has 0 unspecified atom stereocenters. The first-order valence-electron chi connectivity index (χ1n) is 8.38. The molecule has 0 radical (unpaired) electrons. The Labute approximate surface area is 169 Å². The molecule has 11 N–H and O–H groups in total. The number of carboxylic acids is 2. The van der Waals surface area contributed by atoms with Crippen molar-refractivity contribution in [3.63, 3.8) is 0 Å². The van der Waals surface area contributed by atoms with Crippen LogP contribution in [0.4, 0.5) is 0 Å². The third-order valence-electron chi connectivity index (χ3n) is 3.56. The number of hydrogen-bond acceptors (Lipinski definition) is 9. The lowest BCUT2D eigenvalue weighted by Crippen LogP contribution is -2.55. The number of nitrogens with two attached hydrogens (primary N) is 2. The van der Waals surface area contributed by atoms with Crippen LogP contribution in [0.25, 0.3) is 0 Å². The first-order valence-corrected chi connectivity index (χ1v) is 8.38. The molecule has 168 valence electrons. The van der Waals surface area contributed by atoms with Crippen molar-refractivity contribution in [1.82, 2.24) is 26.8 Å². The summed E-state index contributed by atoms with van der Waals surface area (Å²) in [6.45, 7) is -0.193. The Bertz CT molecular complexity index is 697. The largest absolute Gasteiger partial charge is 0.474 e. The molecule has 0 aliphatic carbocycles. The van der Waals surface area contributed by atoms with Gasteiger partial charge in [0, 0.05) is 13.0 Å². The van der Waals surface area contributed by atoms with Crippen LogP contribution in [0.15, 0.2) is 0 Å². The lowest BCUT2D eigenvalue weighted by Gasteiger charge is -2.22. The van der Waals surface area contributed by atoms with E-state index in [1.165, 1.54) is 0 Å². The van der Waals surface area contributed by atoms with Gasteiger partial charge in [0.25, 0.3) is 5.91 Å². The summed E-state index contributed by atoms with van der Waals surface area (Å²) in [7, 11) is 0. The van der Waals surface area contributed by atoms with E-state index in [0.717, 1.165) is 0 Å². The van der Waals surface area contributed by atoms with E-state index < -0.39 is 53.6 Å². The minimum Gasteiger partial charge on any atom is -0.474 e. The van der Waals surface area contributed by atoms with Crippen LogP contribution in [0.3, 0.4) is 0 Å². The van der Waals surface area contributed by atoms with E-state index >= 15 is 0 Å². The topological polar surface area (TPSA) is 272 Å². The zero-order chi connectivity index (χ0) is 23.3. The van der Waals surface area contributed by atoms with Gasteiger partial charge in [0.1, 0.15) is 12.1 Å². The zero-order valence-electron chi connectivity index (χ0n) is 15.6. The molecule has 0 fully saturated rings. The van der Waals surface area contributed by atoms with Gasteiger partial charge in [-0.3, -0.25) is 34.8 Å². The second-order valence-electron chi connectivity index (χ2n) is 5.71. The molecule has 16 nitrogen and oxygen atoms in total. The van der Waals surface area contributed by atoms with Gasteiger partial charge in [-0.25, -0.2) is 21.3 Å². The number of hydrazine groups is 2. The van der Waals surface area contributed by atoms with Gasteiger partial charge in [0.2, 0.25) is 11.8 Å². The first-order chi connectivity index (χ1) is 14.0. The molecule has 0 saturated heterocycles. The summed E-state index contributed by atoms with van der Waals surface area (Å²) < 4.78 is 0. The van der Waals surface area contributed by atoms with Gasteiger partial charge in [-0.05, 0) is 19.3 Å². The highest BCUT2D eigenvalue weighted by Crippen LogP contribution is 2.03. The average molecular weight is 433 g/mol. The molecule has 0 saturated carbocycles. The molecule has 0 aliphatic heterocycles. The quantitative estimate of drug-likeness (QED) is 0.0488. The maximum Gasteiger partial charge on any atom is 0.394 e. The summed E-state index contributed by atoms with van der Waals surface area (Å²) in [5, 5.41) is 23.3. The van der Waals surface area contributed by atoms with Gasteiger partial charge in [0.05, 0.1) is 0 Å². The molecular formula is C14H23N7O9. The number of nitrogens with one attached hydrogen (secondary N) is 5. The standard InChI is InChI=1S/C14H23N7O9/c15-20-8(22)4-3-7(10(24)21-16)18-9(23)6(19-12(26)14(29)30)2-1-5-17-11(25)13(27)28/h6-7H,1-5,15-16H2,(H,17,25)(H,18,23)(H,19,26)(H,20,22)(H,21,24)(H,27,28)(H,29,30)/t6-,7-/m0/s1. The van der Waals surface area contributed by atoms with E-state index in [2.05, 4.69) is 5.32 Å². The molecule has 16 heteroatoms. The normalized spacial score (nSPS) is 11.9. The van der Waals surface area contributed by atoms with E-state index in [0.29, 0.717) is 0 Å². The second kappa shape index (κ2) is 13.4. The number of carboxylic acid groups (broad SMARTS) is 2. The molecule has 30 heavy (non-hydrogen) atoms. The van der Waals surface area contributed by atoms with Crippen LogP contribution in [0, 0.1) is 0 Å². The van der Waals surface area contributed by atoms with Gasteiger partial charge in [-0.2, -0.15) is 0 Å². The third-order valence-corrected chi connectivity index (χ3v) is 3.56. The molecule has 0 spiro atoms. The Morgan fingerprint density at radius 3 is 1.80 bits per heavy atom. The van der Waals surface area contributed by atoms with Crippen molar-refractivity contribution < 1.29 is 43.8 Å². The van der Waals surface area contributed by atoms with Crippen molar-refractivity contribution in [3.05, 3.63) is 0 Å². The highest BCUT2D eigenvalue weighted by atomic mass is 16.4. The fourth-order valence-corrected chi connectivity index (χ4v) is 2.06. The lowest BCUT2D eigenvalue weighted by atomic mass is 10.1. The Morgan fingerprint density at radius 1 is 0.733 bits per heavy atom. The Morgan fingerprint density at radius 2 is 1.30 bits per heavy atom.